The molecule has 4 nitrogen and oxygen atoms in total. The van der Waals surface area contributed by atoms with Gasteiger partial charge in [-0.1, -0.05) is 42.5 Å². The van der Waals surface area contributed by atoms with Crippen LogP contribution < -0.4 is 15.5 Å². The summed E-state index contributed by atoms with van der Waals surface area (Å²) in [6.45, 7) is 2.65. The number of amides is 1. The summed E-state index contributed by atoms with van der Waals surface area (Å²) in [4.78, 5) is 14.9. The second-order valence-electron chi connectivity index (χ2n) is 5.45. The van der Waals surface area contributed by atoms with Crippen molar-refractivity contribution in [2.24, 2.45) is 0 Å². The third-order valence-electron chi connectivity index (χ3n) is 4.20. The molecule has 0 radical (unpaired) electrons. The van der Waals surface area contributed by atoms with E-state index in [1.165, 1.54) is 0 Å². The molecule has 0 spiro atoms. The summed E-state index contributed by atoms with van der Waals surface area (Å²) in [6, 6.07) is 16.2. The summed E-state index contributed by atoms with van der Waals surface area (Å²) >= 11 is 0. The minimum absolute atomic E-state index is 0.0226. The molecule has 2 heterocycles. The molecule has 0 saturated carbocycles. The Morgan fingerprint density at radius 1 is 1.05 bits per heavy atom. The van der Waals surface area contributed by atoms with Gasteiger partial charge < -0.3 is 15.5 Å². The molecule has 1 amide bonds. The zero-order valence-corrected chi connectivity index (χ0v) is 11.7. The number of fused-ring (bicyclic) bond motifs is 3. The molecule has 2 aliphatic rings. The van der Waals surface area contributed by atoms with Crippen LogP contribution in [-0.4, -0.2) is 31.7 Å². The molecule has 1 fully saturated rings. The minimum Gasteiger partial charge on any atom is -0.348 e. The Morgan fingerprint density at radius 2 is 1.90 bits per heavy atom. The zero-order chi connectivity index (χ0) is 14.2. The molecule has 4 rings (SSSR count). The number of hydrogen-bond donors (Lipinski definition) is 2. The van der Waals surface area contributed by atoms with Gasteiger partial charge in [-0.3, -0.25) is 4.79 Å². The van der Waals surface area contributed by atoms with Gasteiger partial charge in [0.1, 0.15) is 6.17 Å². The molecule has 1 atom stereocenters. The lowest BCUT2D eigenvalue weighted by atomic mass is 9.95. The number of nitrogens with one attached hydrogen (secondary N) is 2. The normalized spacial score (nSPS) is 20.5. The van der Waals surface area contributed by atoms with Crippen molar-refractivity contribution < 1.29 is 4.79 Å². The van der Waals surface area contributed by atoms with Gasteiger partial charge in [0.2, 0.25) is 0 Å². The molecular weight excluding hydrogens is 262 g/mol. The summed E-state index contributed by atoms with van der Waals surface area (Å²) in [5.41, 5.74) is 3.93. The van der Waals surface area contributed by atoms with Gasteiger partial charge in [0.25, 0.3) is 5.91 Å². The minimum atomic E-state index is 0.0226. The molecule has 106 valence electrons. The number of rotatable bonds is 1. The summed E-state index contributed by atoms with van der Waals surface area (Å²) in [5, 5.41) is 6.43. The van der Waals surface area contributed by atoms with Crippen LogP contribution in [0.1, 0.15) is 10.4 Å². The van der Waals surface area contributed by atoms with Crippen molar-refractivity contribution in [2.45, 2.75) is 6.17 Å². The number of nitrogens with zero attached hydrogens (tertiary/aromatic N) is 1. The number of carbonyl (C=O) groups is 1. The van der Waals surface area contributed by atoms with Crippen LogP contribution in [0.5, 0.6) is 0 Å². The van der Waals surface area contributed by atoms with Crippen LogP contribution in [0.15, 0.2) is 48.5 Å². The third-order valence-corrected chi connectivity index (χ3v) is 4.20. The molecule has 4 heteroatoms. The summed E-state index contributed by atoms with van der Waals surface area (Å²) in [7, 11) is 0. The smallest absolute Gasteiger partial charge is 0.255 e. The van der Waals surface area contributed by atoms with Gasteiger partial charge in [-0.05, 0) is 17.2 Å². The predicted octanol–water partition coefficient (Wildman–Crippen LogP) is 1.83. The van der Waals surface area contributed by atoms with Crippen molar-refractivity contribution in [1.82, 2.24) is 10.6 Å². The lowest BCUT2D eigenvalue weighted by molar-refractivity contribution is 0.0923. The van der Waals surface area contributed by atoms with Gasteiger partial charge >= 0.3 is 0 Å². The fourth-order valence-corrected chi connectivity index (χ4v) is 3.22. The van der Waals surface area contributed by atoms with Gasteiger partial charge in [0.15, 0.2) is 0 Å². The average molecular weight is 279 g/mol. The Labute approximate surface area is 123 Å². The lowest BCUT2D eigenvalue weighted by Crippen LogP contribution is -2.62. The van der Waals surface area contributed by atoms with Crippen LogP contribution in [0.3, 0.4) is 0 Å². The molecule has 2 N–H and O–H groups in total. The maximum atomic E-state index is 12.6. The highest BCUT2D eigenvalue weighted by Crippen LogP contribution is 2.34. The predicted molar refractivity (Wildman–Crippen MR) is 83.3 cm³/mol. The number of anilines is 1. The number of piperazine rings is 1. The van der Waals surface area contributed by atoms with E-state index >= 15 is 0 Å². The SMILES string of the molecule is O=C1N[C@@H]2CNCCN2c2cccc(-c3ccccc3)c21. The van der Waals surface area contributed by atoms with Gasteiger partial charge in [-0.25, -0.2) is 0 Å². The van der Waals surface area contributed by atoms with E-state index in [9.17, 15) is 4.79 Å². The van der Waals surface area contributed by atoms with Crippen molar-refractivity contribution in [3.8, 4) is 11.1 Å². The first-order valence-corrected chi connectivity index (χ1v) is 7.31. The van der Waals surface area contributed by atoms with Crippen LogP contribution in [0.2, 0.25) is 0 Å². The van der Waals surface area contributed by atoms with Crippen LogP contribution in [0.25, 0.3) is 11.1 Å². The highest BCUT2D eigenvalue weighted by atomic mass is 16.2. The fourth-order valence-electron chi connectivity index (χ4n) is 3.22. The molecule has 0 aromatic heterocycles. The second-order valence-corrected chi connectivity index (χ2v) is 5.45. The zero-order valence-electron chi connectivity index (χ0n) is 11.7. The Balaban J connectivity index is 1.88. The maximum absolute atomic E-state index is 12.6. The van der Waals surface area contributed by atoms with Crippen molar-refractivity contribution in [1.29, 1.82) is 0 Å². The molecule has 1 saturated heterocycles. The van der Waals surface area contributed by atoms with Crippen LogP contribution >= 0.6 is 0 Å². The van der Waals surface area contributed by atoms with E-state index in [0.29, 0.717) is 0 Å². The maximum Gasteiger partial charge on any atom is 0.255 e. The summed E-state index contributed by atoms with van der Waals surface area (Å²) < 4.78 is 0. The Hall–Kier alpha value is -2.33. The molecule has 2 aromatic carbocycles. The first-order chi connectivity index (χ1) is 10.3. The molecule has 2 aliphatic heterocycles. The topological polar surface area (TPSA) is 44.4 Å². The van der Waals surface area contributed by atoms with Gasteiger partial charge in [0.05, 0.1) is 11.3 Å². The fraction of sp³-hybridized carbons (Fsp3) is 0.235. The number of carbonyl (C=O) groups excluding carboxylic acids is 1. The van der Waals surface area contributed by atoms with E-state index < -0.39 is 0 Å². The van der Waals surface area contributed by atoms with Crippen LogP contribution in [0.4, 0.5) is 5.69 Å². The van der Waals surface area contributed by atoms with Crippen molar-refractivity contribution in [2.75, 3.05) is 24.5 Å². The Kier molecular flexibility index (Phi) is 2.89. The van der Waals surface area contributed by atoms with Crippen molar-refractivity contribution in [3.05, 3.63) is 54.1 Å². The molecular formula is C17H17N3O. The third kappa shape index (κ3) is 1.99. The van der Waals surface area contributed by atoms with Crippen molar-refractivity contribution in [3.63, 3.8) is 0 Å². The van der Waals surface area contributed by atoms with Crippen LogP contribution in [0, 0.1) is 0 Å². The Bertz CT molecular complexity index is 684. The highest BCUT2D eigenvalue weighted by molar-refractivity contribution is 6.07. The highest BCUT2D eigenvalue weighted by Gasteiger charge is 2.33. The lowest BCUT2D eigenvalue weighted by Gasteiger charge is -2.42. The van der Waals surface area contributed by atoms with E-state index in [0.717, 1.165) is 42.0 Å². The molecule has 0 unspecified atom stereocenters. The van der Waals surface area contributed by atoms with E-state index in [1.54, 1.807) is 0 Å². The van der Waals surface area contributed by atoms with E-state index in [2.05, 4.69) is 21.6 Å². The number of hydrogen-bond acceptors (Lipinski definition) is 3. The standard InChI is InChI=1S/C17H17N3O/c21-17-16-13(12-5-2-1-3-6-12)7-4-8-14(16)20-10-9-18-11-15(20)19-17/h1-8,15,18H,9-11H2,(H,19,21)/t15-/m0/s1. The molecule has 2 aromatic rings. The van der Waals surface area contributed by atoms with E-state index in [-0.39, 0.29) is 12.1 Å². The number of benzene rings is 2. The largest absolute Gasteiger partial charge is 0.348 e. The molecule has 21 heavy (non-hydrogen) atoms. The van der Waals surface area contributed by atoms with Gasteiger partial charge in [-0.15, -0.1) is 0 Å². The van der Waals surface area contributed by atoms with Crippen molar-refractivity contribution >= 4 is 11.6 Å². The van der Waals surface area contributed by atoms with Gasteiger partial charge in [-0.2, -0.15) is 0 Å². The molecule has 0 aliphatic carbocycles. The Morgan fingerprint density at radius 3 is 2.76 bits per heavy atom. The monoisotopic (exact) mass is 279 g/mol. The summed E-state index contributed by atoms with van der Waals surface area (Å²) in [5.74, 6) is 0.0226. The second kappa shape index (κ2) is 4.90. The van der Waals surface area contributed by atoms with Gasteiger partial charge in [0, 0.05) is 19.6 Å². The molecule has 0 bridgehead atoms. The van der Waals surface area contributed by atoms with E-state index in [4.69, 9.17) is 0 Å². The quantitative estimate of drug-likeness (QED) is 0.837. The first-order valence-electron chi connectivity index (χ1n) is 7.31. The van der Waals surface area contributed by atoms with E-state index in [1.807, 2.05) is 42.5 Å². The average Bonchev–Trinajstić information content (AvgIpc) is 2.55. The summed E-state index contributed by atoms with van der Waals surface area (Å²) in [6.07, 6.45) is 0.0600. The first kappa shape index (κ1) is 12.4. The van der Waals surface area contributed by atoms with Crippen LogP contribution in [-0.2, 0) is 0 Å².